The van der Waals surface area contributed by atoms with Gasteiger partial charge in [0.1, 0.15) is 0 Å². The van der Waals surface area contributed by atoms with Crippen molar-refractivity contribution in [3.05, 3.63) is 309 Å². The highest BCUT2D eigenvalue weighted by molar-refractivity contribution is 6.31. The number of benzene rings is 14. The zero-order valence-corrected chi connectivity index (χ0v) is 43.3. The molecule has 0 saturated heterocycles. The molecule has 0 N–H and O–H groups in total. The van der Waals surface area contributed by atoms with Gasteiger partial charge in [-0.2, -0.15) is 0 Å². The Morgan fingerprint density at radius 2 is 0.595 bits per heavy atom. The van der Waals surface area contributed by atoms with Crippen molar-refractivity contribution in [1.82, 2.24) is 4.57 Å². The molecule has 0 atom stereocenters. The first kappa shape index (κ1) is 45.9. The molecule has 15 aromatic rings. The molecule has 15 rings (SSSR count). The van der Waals surface area contributed by atoms with Crippen LogP contribution < -0.4 is 9.80 Å². The van der Waals surface area contributed by atoms with Crippen LogP contribution in [0.15, 0.2) is 309 Å². The van der Waals surface area contributed by atoms with Crippen molar-refractivity contribution in [2.24, 2.45) is 0 Å². The minimum absolute atomic E-state index is 1.09. The summed E-state index contributed by atoms with van der Waals surface area (Å²) >= 11 is 0. The van der Waals surface area contributed by atoms with E-state index in [1.165, 1.54) is 87.2 Å². The third-order valence-electron chi connectivity index (χ3n) is 15.8. The Kier molecular flexibility index (Phi) is 11.2. The van der Waals surface area contributed by atoms with Crippen LogP contribution in [0.4, 0.5) is 34.1 Å². The topological polar surface area (TPSA) is 11.4 Å². The SMILES string of the molecule is c1ccc(-c2cc(-c3ccccc3)cc(-n3c4ccc(-c5ccccc5)cc4c4c5cc6c7ccc(N(c8ccccc8)c8ccccc8)cc7c7cc(N(c8ccccc8)c8ccccc8)ccc7c6cc5ccc43)c2)cc1. The fourth-order valence-electron chi connectivity index (χ4n) is 12.2. The Labute approximate surface area is 459 Å². The average Bonchev–Trinajstić information content (AvgIpc) is 4.16. The van der Waals surface area contributed by atoms with Gasteiger partial charge < -0.3 is 14.4 Å². The van der Waals surface area contributed by atoms with Crippen molar-refractivity contribution < 1.29 is 0 Å². The number of para-hydroxylation sites is 4. The lowest BCUT2D eigenvalue weighted by atomic mass is 9.90. The first-order valence-electron chi connectivity index (χ1n) is 27.1. The van der Waals surface area contributed by atoms with Crippen molar-refractivity contribution in [1.29, 1.82) is 0 Å². The zero-order valence-electron chi connectivity index (χ0n) is 43.3. The Morgan fingerprint density at radius 1 is 0.203 bits per heavy atom. The van der Waals surface area contributed by atoms with Gasteiger partial charge in [-0.25, -0.2) is 0 Å². The van der Waals surface area contributed by atoms with Crippen molar-refractivity contribution in [3.63, 3.8) is 0 Å². The average molecular weight is 1010 g/mol. The van der Waals surface area contributed by atoms with Gasteiger partial charge in [0.05, 0.1) is 11.0 Å². The van der Waals surface area contributed by atoms with Gasteiger partial charge in [-0.15, -0.1) is 0 Å². The van der Waals surface area contributed by atoms with Crippen LogP contribution in [-0.2, 0) is 0 Å². The monoisotopic (exact) mass is 1010 g/mol. The van der Waals surface area contributed by atoms with Crippen LogP contribution in [0.2, 0.25) is 0 Å². The number of nitrogens with zero attached hydrogens (tertiary/aromatic N) is 3. The summed E-state index contributed by atoms with van der Waals surface area (Å²) in [6.07, 6.45) is 0. The molecule has 3 nitrogen and oxygen atoms in total. The summed E-state index contributed by atoms with van der Waals surface area (Å²) in [7, 11) is 0. The molecule has 0 aliphatic carbocycles. The molecule has 0 aliphatic heterocycles. The molecule has 0 radical (unpaired) electrons. The highest BCUT2D eigenvalue weighted by Gasteiger charge is 2.22. The Balaban J connectivity index is 1.03. The first-order valence-corrected chi connectivity index (χ1v) is 27.1. The summed E-state index contributed by atoms with van der Waals surface area (Å²) in [6, 6.07) is 113. The molecule has 3 heteroatoms. The number of hydrogen-bond acceptors (Lipinski definition) is 2. The van der Waals surface area contributed by atoms with Gasteiger partial charge in [0.2, 0.25) is 0 Å². The standard InChI is InChI=1S/C76H51N3/c1-8-22-52(23-9-1)55-36-42-74-73(47-55)76-68-51-72-67-41-39-64(78(61-32-18-6-19-33-61)62-34-20-7-21-35-62)50-71(67)70-49-63(77(59-28-14-4-15-29-59)60-30-16-5-17-31-60)38-40-66(70)69(72)48-56(68)37-43-75(76)79(74)65-45-57(53-24-10-2-11-25-53)44-58(46-65)54-26-12-3-13-27-54/h1-51H. The second-order valence-corrected chi connectivity index (χ2v) is 20.5. The van der Waals surface area contributed by atoms with Crippen molar-refractivity contribution >= 4 is 99.0 Å². The second-order valence-electron chi connectivity index (χ2n) is 20.5. The summed E-state index contributed by atoms with van der Waals surface area (Å²) in [6.45, 7) is 0. The van der Waals surface area contributed by atoms with E-state index in [2.05, 4.69) is 324 Å². The van der Waals surface area contributed by atoms with E-state index in [-0.39, 0.29) is 0 Å². The number of rotatable bonds is 10. The van der Waals surface area contributed by atoms with Crippen LogP contribution >= 0.6 is 0 Å². The summed E-state index contributed by atoms with van der Waals surface area (Å²) in [5.74, 6) is 0. The van der Waals surface area contributed by atoms with Crippen LogP contribution in [0.3, 0.4) is 0 Å². The lowest BCUT2D eigenvalue weighted by molar-refractivity contribution is 1.18. The normalized spacial score (nSPS) is 11.5. The van der Waals surface area contributed by atoms with E-state index >= 15 is 0 Å². The molecule has 1 aromatic heterocycles. The largest absolute Gasteiger partial charge is 0.310 e. The van der Waals surface area contributed by atoms with E-state index in [0.717, 1.165) is 50.8 Å². The molecule has 0 fully saturated rings. The molecule has 370 valence electrons. The van der Waals surface area contributed by atoms with Gasteiger partial charge in [0.15, 0.2) is 0 Å². The summed E-state index contributed by atoms with van der Waals surface area (Å²) in [5.41, 5.74) is 17.1. The third-order valence-corrected chi connectivity index (χ3v) is 15.8. The predicted molar refractivity (Wildman–Crippen MR) is 336 cm³/mol. The van der Waals surface area contributed by atoms with E-state index in [0.29, 0.717) is 0 Å². The van der Waals surface area contributed by atoms with Gasteiger partial charge in [-0.3, -0.25) is 0 Å². The van der Waals surface area contributed by atoms with Crippen molar-refractivity contribution in [2.45, 2.75) is 0 Å². The molecule has 1 heterocycles. The number of aromatic nitrogens is 1. The quantitative estimate of drug-likeness (QED) is 0.0999. The van der Waals surface area contributed by atoms with Crippen molar-refractivity contribution in [3.8, 4) is 39.1 Å². The van der Waals surface area contributed by atoms with Gasteiger partial charge >= 0.3 is 0 Å². The van der Waals surface area contributed by atoms with E-state index in [1.54, 1.807) is 0 Å². The molecule has 0 unspecified atom stereocenters. The fraction of sp³-hybridized carbons (Fsp3) is 0. The Hall–Kier alpha value is -10.5. The molecular weight excluding hydrogens is 955 g/mol. The lowest BCUT2D eigenvalue weighted by Gasteiger charge is -2.27. The van der Waals surface area contributed by atoms with E-state index in [1.807, 2.05) is 0 Å². The summed E-state index contributed by atoms with van der Waals surface area (Å²) < 4.78 is 2.50. The Morgan fingerprint density at radius 3 is 1.05 bits per heavy atom. The maximum atomic E-state index is 2.50. The highest BCUT2D eigenvalue weighted by Crippen LogP contribution is 2.47. The molecule has 79 heavy (non-hydrogen) atoms. The lowest BCUT2D eigenvalue weighted by Crippen LogP contribution is -2.10. The van der Waals surface area contributed by atoms with Crippen LogP contribution in [0.25, 0.3) is 104 Å². The van der Waals surface area contributed by atoms with Crippen LogP contribution in [-0.4, -0.2) is 4.57 Å². The van der Waals surface area contributed by atoms with Gasteiger partial charge in [0, 0.05) is 50.6 Å². The minimum Gasteiger partial charge on any atom is -0.310 e. The fourth-order valence-corrected chi connectivity index (χ4v) is 12.2. The first-order chi connectivity index (χ1) is 39.2. The van der Waals surface area contributed by atoms with Gasteiger partial charge in [-0.1, -0.05) is 188 Å². The van der Waals surface area contributed by atoms with Crippen LogP contribution in [0, 0.1) is 0 Å². The summed E-state index contributed by atoms with van der Waals surface area (Å²) in [4.78, 5) is 4.74. The molecule has 0 aliphatic rings. The van der Waals surface area contributed by atoms with E-state index < -0.39 is 0 Å². The smallest absolute Gasteiger partial charge is 0.0547 e. The highest BCUT2D eigenvalue weighted by atomic mass is 15.1. The molecule has 0 bridgehead atoms. The minimum atomic E-state index is 1.09. The number of fused-ring (bicyclic) bond motifs is 11. The molecule has 0 saturated carbocycles. The maximum absolute atomic E-state index is 2.50. The molecule has 0 spiro atoms. The third kappa shape index (κ3) is 8.07. The van der Waals surface area contributed by atoms with E-state index in [4.69, 9.17) is 0 Å². The Bertz CT molecular complexity index is 4600. The van der Waals surface area contributed by atoms with Gasteiger partial charge in [0.25, 0.3) is 0 Å². The number of hydrogen-bond donors (Lipinski definition) is 0. The zero-order chi connectivity index (χ0) is 52.2. The maximum Gasteiger partial charge on any atom is 0.0547 e. The molecule has 0 amide bonds. The molecule has 14 aromatic carbocycles. The van der Waals surface area contributed by atoms with Crippen LogP contribution in [0.5, 0.6) is 0 Å². The van der Waals surface area contributed by atoms with E-state index in [9.17, 15) is 0 Å². The molecular formula is C76H51N3. The van der Waals surface area contributed by atoms with Gasteiger partial charge in [-0.05, 0) is 198 Å². The van der Waals surface area contributed by atoms with Crippen molar-refractivity contribution in [2.75, 3.05) is 9.80 Å². The second kappa shape index (κ2) is 19.3. The van der Waals surface area contributed by atoms with Crippen LogP contribution in [0.1, 0.15) is 0 Å². The number of anilines is 6. The summed E-state index contributed by atoms with van der Waals surface area (Å²) in [5, 5.41) is 12.1. The predicted octanol–water partition coefficient (Wildman–Crippen LogP) is 21.3.